The Hall–Kier alpha value is -0.830. The second kappa shape index (κ2) is 6.12. The van der Waals surface area contributed by atoms with Crippen LogP contribution in [0.4, 0.5) is 0 Å². The third-order valence-corrected chi connectivity index (χ3v) is 4.53. The van der Waals surface area contributed by atoms with E-state index in [1.54, 1.807) is 0 Å². The Morgan fingerprint density at radius 1 is 1.24 bits per heavy atom. The second-order valence-corrected chi connectivity index (χ2v) is 8.88. The number of imidazole rings is 1. The molecule has 0 spiro atoms. The molecule has 0 saturated heterocycles. The van der Waals surface area contributed by atoms with E-state index in [1.165, 1.54) is 25.0 Å². The molecule has 1 saturated carbocycles. The van der Waals surface area contributed by atoms with Crippen LogP contribution in [0, 0.1) is 16.7 Å². The molecule has 0 unspecified atom stereocenters. The summed E-state index contributed by atoms with van der Waals surface area (Å²) in [6.07, 6.45) is 7.89. The molecule has 0 bridgehead atoms. The van der Waals surface area contributed by atoms with E-state index in [0.29, 0.717) is 22.8 Å². The lowest BCUT2D eigenvalue weighted by Gasteiger charge is -2.45. The predicted molar refractivity (Wildman–Crippen MR) is 89.2 cm³/mol. The minimum absolute atomic E-state index is 0.416. The largest absolute Gasteiger partial charge is 0.330 e. The van der Waals surface area contributed by atoms with E-state index in [9.17, 15) is 0 Å². The van der Waals surface area contributed by atoms with E-state index in [2.05, 4.69) is 56.4 Å². The zero-order chi connectivity index (χ0) is 15.7. The van der Waals surface area contributed by atoms with Crippen LogP contribution >= 0.6 is 0 Å². The van der Waals surface area contributed by atoms with Crippen LogP contribution in [0.3, 0.4) is 0 Å². The van der Waals surface area contributed by atoms with Crippen LogP contribution in [0.5, 0.6) is 0 Å². The highest BCUT2D eigenvalue weighted by atomic mass is 15.1. The van der Waals surface area contributed by atoms with E-state index >= 15 is 0 Å². The molecule has 0 atom stereocenters. The van der Waals surface area contributed by atoms with Crippen molar-refractivity contribution in [3.63, 3.8) is 0 Å². The van der Waals surface area contributed by atoms with Crippen molar-refractivity contribution < 1.29 is 0 Å². The summed E-state index contributed by atoms with van der Waals surface area (Å²) >= 11 is 0. The number of nitrogens with zero attached hydrogens (tertiary/aromatic N) is 2. The van der Waals surface area contributed by atoms with Crippen molar-refractivity contribution in [2.75, 3.05) is 6.54 Å². The van der Waals surface area contributed by atoms with Crippen molar-refractivity contribution in [1.29, 1.82) is 0 Å². The number of rotatable bonds is 5. The molecule has 1 fully saturated rings. The molecule has 1 heterocycles. The van der Waals surface area contributed by atoms with Crippen LogP contribution in [0.1, 0.15) is 72.5 Å². The van der Waals surface area contributed by atoms with Gasteiger partial charge in [0.25, 0.3) is 0 Å². The maximum atomic E-state index is 4.41. The van der Waals surface area contributed by atoms with Crippen molar-refractivity contribution in [3.8, 4) is 0 Å². The smallest absolute Gasteiger partial charge is 0.0951 e. The Labute approximate surface area is 130 Å². The molecule has 0 aliphatic heterocycles. The van der Waals surface area contributed by atoms with Gasteiger partial charge in [-0.25, -0.2) is 4.98 Å². The van der Waals surface area contributed by atoms with E-state index in [-0.39, 0.29) is 0 Å². The summed E-state index contributed by atoms with van der Waals surface area (Å²) in [5, 5.41) is 3.55. The van der Waals surface area contributed by atoms with Gasteiger partial charge in [-0.2, -0.15) is 0 Å². The number of hydrogen-bond donors (Lipinski definition) is 1. The molecular formula is C18H33N3. The molecule has 1 aromatic heterocycles. The average molecular weight is 291 g/mol. The molecule has 3 heteroatoms. The number of nitrogens with one attached hydrogen (secondary N) is 1. The maximum absolute atomic E-state index is 4.41. The quantitative estimate of drug-likeness (QED) is 0.871. The molecule has 1 N–H and O–H groups in total. The lowest BCUT2D eigenvalue weighted by molar-refractivity contribution is 0.0711. The SMILES string of the molecule is CC(C)CNCc1cncn1C1CC(C)(C)CC(C)(C)C1. The summed E-state index contributed by atoms with van der Waals surface area (Å²) in [6.45, 7) is 16.1. The summed E-state index contributed by atoms with van der Waals surface area (Å²) in [5.74, 6) is 0.689. The van der Waals surface area contributed by atoms with Crippen molar-refractivity contribution in [2.45, 2.75) is 73.4 Å². The normalized spacial score (nSPS) is 21.9. The van der Waals surface area contributed by atoms with Crippen LogP contribution in [-0.2, 0) is 6.54 Å². The highest BCUT2D eigenvalue weighted by Gasteiger charge is 2.39. The summed E-state index contributed by atoms with van der Waals surface area (Å²) in [7, 11) is 0. The van der Waals surface area contributed by atoms with Crippen LogP contribution in [-0.4, -0.2) is 16.1 Å². The van der Waals surface area contributed by atoms with Gasteiger partial charge in [0.2, 0.25) is 0 Å². The van der Waals surface area contributed by atoms with Crippen LogP contribution in [0.15, 0.2) is 12.5 Å². The molecule has 1 aromatic rings. The Morgan fingerprint density at radius 2 is 1.86 bits per heavy atom. The maximum Gasteiger partial charge on any atom is 0.0951 e. The topological polar surface area (TPSA) is 29.9 Å². The highest BCUT2D eigenvalue weighted by Crippen LogP contribution is 2.50. The zero-order valence-electron chi connectivity index (χ0n) is 14.7. The van der Waals surface area contributed by atoms with Gasteiger partial charge in [0.15, 0.2) is 0 Å². The van der Waals surface area contributed by atoms with Gasteiger partial charge in [-0.05, 0) is 42.6 Å². The molecule has 2 rings (SSSR count). The van der Waals surface area contributed by atoms with Gasteiger partial charge in [-0.3, -0.25) is 0 Å². The zero-order valence-corrected chi connectivity index (χ0v) is 14.7. The minimum Gasteiger partial charge on any atom is -0.330 e. The summed E-state index contributed by atoms with van der Waals surface area (Å²) in [6, 6.07) is 0.585. The second-order valence-electron chi connectivity index (χ2n) is 8.88. The fraction of sp³-hybridized carbons (Fsp3) is 0.833. The van der Waals surface area contributed by atoms with Crippen molar-refractivity contribution in [1.82, 2.24) is 14.9 Å². The minimum atomic E-state index is 0.416. The molecule has 120 valence electrons. The number of hydrogen-bond acceptors (Lipinski definition) is 2. The Morgan fingerprint density at radius 3 is 2.43 bits per heavy atom. The van der Waals surface area contributed by atoms with Gasteiger partial charge in [-0.15, -0.1) is 0 Å². The Balaban J connectivity index is 2.09. The Kier molecular flexibility index (Phi) is 4.82. The van der Waals surface area contributed by atoms with Gasteiger partial charge >= 0.3 is 0 Å². The standard InChI is InChI=1S/C18H33N3/c1-14(2)9-19-10-16-11-20-13-21(16)15-7-17(3,4)12-18(5,6)8-15/h11,13-15,19H,7-10,12H2,1-6H3. The van der Waals surface area contributed by atoms with Crippen molar-refractivity contribution in [3.05, 3.63) is 18.2 Å². The summed E-state index contributed by atoms with van der Waals surface area (Å²) in [5.41, 5.74) is 2.16. The lowest BCUT2D eigenvalue weighted by Crippen LogP contribution is -2.35. The van der Waals surface area contributed by atoms with E-state index in [4.69, 9.17) is 0 Å². The third-order valence-electron chi connectivity index (χ3n) is 4.53. The third kappa shape index (κ3) is 4.57. The molecule has 0 aromatic carbocycles. The molecular weight excluding hydrogens is 258 g/mol. The van der Waals surface area contributed by atoms with Crippen LogP contribution in [0.25, 0.3) is 0 Å². The molecule has 3 nitrogen and oxygen atoms in total. The van der Waals surface area contributed by atoms with Crippen LogP contribution < -0.4 is 5.32 Å². The molecule has 0 radical (unpaired) electrons. The molecule has 1 aliphatic carbocycles. The first-order valence-corrected chi connectivity index (χ1v) is 8.40. The van der Waals surface area contributed by atoms with E-state index < -0.39 is 0 Å². The highest BCUT2D eigenvalue weighted by molar-refractivity contribution is 5.03. The van der Waals surface area contributed by atoms with E-state index in [0.717, 1.165) is 13.1 Å². The Bertz CT molecular complexity index is 441. The first-order valence-electron chi connectivity index (χ1n) is 8.40. The lowest BCUT2D eigenvalue weighted by atomic mass is 9.63. The van der Waals surface area contributed by atoms with Gasteiger partial charge in [-0.1, -0.05) is 41.5 Å². The van der Waals surface area contributed by atoms with Gasteiger partial charge in [0.1, 0.15) is 0 Å². The van der Waals surface area contributed by atoms with E-state index in [1.807, 2.05) is 12.5 Å². The fourth-order valence-electron chi connectivity index (χ4n) is 4.27. The molecule has 21 heavy (non-hydrogen) atoms. The number of aromatic nitrogens is 2. The predicted octanol–water partition coefficient (Wildman–Crippen LogP) is 4.41. The molecule has 1 aliphatic rings. The van der Waals surface area contributed by atoms with Gasteiger partial charge < -0.3 is 9.88 Å². The fourth-order valence-corrected chi connectivity index (χ4v) is 4.27. The first-order chi connectivity index (χ1) is 9.69. The summed E-state index contributed by atoms with van der Waals surface area (Å²) < 4.78 is 2.43. The van der Waals surface area contributed by atoms with Crippen LogP contribution in [0.2, 0.25) is 0 Å². The summed E-state index contributed by atoms with van der Waals surface area (Å²) in [4.78, 5) is 4.41. The van der Waals surface area contributed by atoms with Crippen molar-refractivity contribution in [2.24, 2.45) is 16.7 Å². The van der Waals surface area contributed by atoms with Gasteiger partial charge in [0.05, 0.1) is 12.0 Å². The average Bonchev–Trinajstić information content (AvgIpc) is 2.72. The molecule has 0 amide bonds. The van der Waals surface area contributed by atoms with Crippen molar-refractivity contribution >= 4 is 0 Å². The van der Waals surface area contributed by atoms with Gasteiger partial charge in [0, 0.05) is 18.8 Å². The monoisotopic (exact) mass is 291 g/mol. The first kappa shape index (κ1) is 16.5.